The van der Waals surface area contributed by atoms with Crippen LogP contribution in [0.25, 0.3) is 0 Å². The highest BCUT2D eigenvalue weighted by Crippen LogP contribution is 2.27. The molecule has 0 atom stereocenters. The molecular formula is C26H25F2N5O2. The third kappa shape index (κ3) is 5.97. The van der Waals surface area contributed by atoms with Gasteiger partial charge in [0.15, 0.2) is 11.6 Å². The summed E-state index contributed by atoms with van der Waals surface area (Å²) in [5.74, 6) is -1.59. The van der Waals surface area contributed by atoms with Crippen LogP contribution in [0.3, 0.4) is 0 Å². The summed E-state index contributed by atoms with van der Waals surface area (Å²) in [6.07, 6.45) is 5.49. The first-order valence-corrected chi connectivity index (χ1v) is 11.3. The molecular weight excluding hydrogens is 452 g/mol. The van der Waals surface area contributed by atoms with E-state index in [1.165, 1.54) is 6.07 Å². The van der Waals surface area contributed by atoms with Gasteiger partial charge in [0.1, 0.15) is 11.8 Å². The monoisotopic (exact) mass is 477 g/mol. The molecule has 0 spiro atoms. The Balaban J connectivity index is 1.42. The minimum Gasteiger partial charge on any atom is -0.380 e. The molecule has 0 unspecified atom stereocenters. The van der Waals surface area contributed by atoms with Crippen molar-refractivity contribution in [2.75, 3.05) is 19.7 Å². The number of pyridine rings is 2. The van der Waals surface area contributed by atoms with Crippen LogP contribution >= 0.6 is 0 Å². The summed E-state index contributed by atoms with van der Waals surface area (Å²) in [5.41, 5.74) is 3.03. The van der Waals surface area contributed by atoms with Crippen molar-refractivity contribution in [3.8, 4) is 6.07 Å². The van der Waals surface area contributed by atoms with Crippen molar-refractivity contribution in [3.05, 3.63) is 99.2 Å². The Labute approximate surface area is 201 Å². The van der Waals surface area contributed by atoms with Crippen LogP contribution in [-0.4, -0.2) is 39.9 Å². The van der Waals surface area contributed by atoms with Crippen LogP contribution < -0.4 is 5.56 Å². The topological polar surface area (TPSA) is 83.5 Å². The molecule has 1 aliphatic heterocycles. The normalized spacial score (nSPS) is 15.1. The Hall–Kier alpha value is -3.90. The fourth-order valence-corrected chi connectivity index (χ4v) is 4.17. The molecule has 0 aliphatic carbocycles. The van der Waals surface area contributed by atoms with Crippen molar-refractivity contribution in [2.45, 2.75) is 25.3 Å². The summed E-state index contributed by atoms with van der Waals surface area (Å²) in [7, 11) is 1.75. The molecule has 35 heavy (non-hydrogen) atoms. The number of piperidine rings is 1. The van der Waals surface area contributed by atoms with Gasteiger partial charge in [0.05, 0.1) is 5.69 Å². The lowest BCUT2D eigenvalue weighted by atomic mass is 9.90. The Morgan fingerprint density at radius 1 is 1.17 bits per heavy atom. The van der Waals surface area contributed by atoms with E-state index < -0.39 is 11.6 Å². The smallest absolute Gasteiger partial charge is 0.250 e. The summed E-state index contributed by atoms with van der Waals surface area (Å²) in [6, 6.07) is 12.6. The van der Waals surface area contributed by atoms with Gasteiger partial charge in [-0.3, -0.25) is 14.7 Å². The van der Waals surface area contributed by atoms with E-state index in [0.29, 0.717) is 17.2 Å². The lowest BCUT2D eigenvalue weighted by molar-refractivity contribution is 0.179. The minimum atomic E-state index is -1.01. The van der Waals surface area contributed by atoms with Gasteiger partial charge in [-0.25, -0.2) is 8.78 Å². The minimum absolute atomic E-state index is 0.0143. The zero-order chi connectivity index (χ0) is 24.8. The molecule has 2 aromatic heterocycles. The highest BCUT2D eigenvalue weighted by Gasteiger charge is 2.21. The van der Waals surface area contributed by atoms with Crippen molar-refractivity contribution in [2.24, 2.45) is 12.2 Å². The number of oxime groups is 1. The molecule has 3 heterocycles. The summed E-state index contributed by atoms with van der Waals surface area (Å²) >= 11 is 0. The molecule has 1 fully saturated rings. The van der Waals surface area contributed by atoms with Gasteiger partial charge in [-0.1, -0.05) is 11.2 Å². The second-order valence-electron chi connectivity index (χ2n) is 8.51. The Kier molecular flexibility index (Phi) is 7.63. The number of likely N-dealkylation sites (tertiary alicyclic amines) is 1. The van der Waals surface area contributed by atoms with Gasteiger partial charge < -0.3 is 9.40 Å². The molecule has 1 aliphatic rings. The number of rotatable bonds is 7. The van der Waals surface area contributed by atoms with E-state index in [4.69, 9.17) is 10.1 Å². The first-order valence-electron chi connectivity index (χ1n) is 11.3. The van der Waals surface area contributed by atoms with Gasteiger partial charge in [0.2, 0.25) is 6.61 Å². The van der Waals surface area contributed by atoms with Crippen LogP contribution in [0.2, 0.25) is 0 Å². The molecule has 0 amide bonds. The fraction of sp³-hybridized carbons (Fsp3) is 0.308. The predicted molar refractivity (Wildman–Crippen MR) is 127 cm³/mol. The average Bonchev–Trinajstić information content (AvgIpc) is 2.87. The van der Waals surface area contributed by atoms with E-state index in [0.717, 1.165) is 55.7 Å². The van der Waals surface area contributed by atoms with Crippen molar-refractivity contribution in [1.82, 2.24) is 14.5 Å². The number of nitrogens with zero attached hydrogens (tertiary/aromatic N) is 5. The first-order chi connectivity index (χ1) is 16.9. The van der Waals surface area contributed by atoms with E-state index in [9.17, 15) is 13.6 Å². The largest absolute Gasteiger partial charge is 0.380 e. The second kappa shape index (κ2) is 11.0. The summed E-state index contributed by atoms with van der Waals surface area (Å²) in [4.78, 5) is 23.7. The lowest BCUT2D eigenvalue weighted by Crippen LogP contribution is -2.33. The predicted octanol–water partition coefficient (Wildman–Crippen LogP) is 3.73. The lowest BCUT2D eigenvalue weighted by Gasteiger charge is -2.32. The van der Waals surface area contributed by atoms with Crippen molar-refractivity contribution >= 4 is 5.71 Å². The van der Waals surface area contributed by atoms with Crippen molar-refractivity contribution in [1.29, 1.82) is 5.26 Å². The number of halogens is 2. The molecule has 4 rings (SSSR count). The number of benzene rings is 1. The Morgan fingerprint density at radius 2 is 1.97 bits per heavy atom. The third-order valence-corrected chi connectivity index (χ3v) is 6.14. The molecule has 7 nitrogen and oxygen atoms in total. The summed E-state index contributed by atoms with van der Waals surface area (Å²) in [6.45, 7) is 2.26. The van der Waals surface area contributed by atoms with Crippen LogP contribution in [0.5, 0.6) is 0 Å². The number of nitriles is 1. The maximum atomic E-state index is 13.8. The maximum absolute atomic E-state index is 13.8. The molecule has 3 aromatic rings. The maximum Gasteiger partial charge on any atom is 0.250 e. The van der Waals surface area contributed by atoms with Crippen LogP contribution in [0.1, 0.15) is 41.1 Å². The Bertz CT molecular complexity index is 1310. The number of aromatic nitrogens is 2. The molecule has 0 radical (unpaired) electrons. The SMILES string of the molecule is Cn1ccc(C2CCN(Cc3ccc(/C(=N/OCC#N)c4ccc(F)c(F)c4)nc3)CC2)cc1=O. The van der Waals surface area contributed by atoms with E-state index in [-0.39, 0.29) is 17.9 Å². The molecule has 0 saturated carbocycles. The average molecular weight is 478 g/mol. The molecule has 0 N–H and O–H groups in total. The highest BCUT2D eigenvalue weighted by atomic mass is 19.2. The molecule has 1 saturated heterocycles. The van der Waals surface area contributed by atoms with Gasteiger partial charge in [-0.15, -0.1) is 0 Å². The quantitative estimate of drug-likeness (QED) is 0.294. The van der Waals surface area contributed by atoms with Crippen molar-refractivity contribution < 1.29 is 13.6 Å². The number of aryl methyl sites for hydroxylation is 1. The van der Waals surface area contributed by atoms with Gasteiger partial charge >= 0.3 is 0 Å². The van der Waals surface area contributed by atoms with E-state index in [2.05, 4.69) is 15.0 Å². The zero-order valence-corrected chi connectivity index (χ0v) is 19.3. The molecule has 180 valence electrons. The van der Waals surface area contributed by atoms with Gasteiger partial charge in [0, 0.05) is 37.6 Å². The summed E-state index contributed by atoms with van der Waals surface area (Å²) < 4.78 is 28.7. The van der Waals surface area contributed by atoms with E-state index in [1.807, 2.05) is 24.4 Å². The van der Waals surface area contributed by atoms with E-state index >= 15 is 0 Å². The standard InChI is InChI=1S/C26H25F2N5O2/c1-32-10-6-20(15-25(32)34)19-7-11-33(12-8-19)17-18-2-5-24(30-16-18)26(31-35-13-9-29)21-3-4-22(27)23(28)14-21/h2-6,10,14-16,19H,7-8,11-13,17H2,1H3/b31-26+. The van der Waals surface area contributed by atoms with Crippen molar-refractivity contribution in [3.63, 3.8) is 0 Å². The first kappa shape index (κ1) is 24.2. The second-order valence-corrected chi connectivity index (χ2v) is 8.51. The van der Waals surface area contributed by atoms with Crippen LogP contribution in [0.15, 0.2) is 64.8 Å². The van der Waals surface area contributed by atoms with Gasteiger partial charge in [0.25, 0.3) is 5.56 Å². The molecule has 1 aromatic carbocycles. The van der Waals surface area contributed by atoms with Crippen LogP contribution in [-0.2, 0) is 18.4 Å². The summed E-state index contributed by atoms with van der Waals surface area (Å²) in [5, 5.41) is 12.6. The third-order valence-electron chi connectivity index (χ3n) is 6.14. The Morgan fingerprint density at radius 3 is 2.63 bits per heavy atom. The van der Waals surface area contributed by atoms with Crippen LogP contribution in [0.4, 0.5) is 8.78 Å². The van der Waals surface area contributed by atoms with Gasteiger partial charge in [-0.05, 0) is 73.3 Å². The molecule has 0 bridgehead atoms. The number of hydrogen-bond donors (Lipinski definition) is 0. The van der Waals surface area contributed by atoms with E-state index in [1.54, 1.807) is 29.9 Å². The zero-order valence-electron chi connectivity index (χ0n) is 19.3. The molecule has 9 heteroatoms. The van der Waals surface area contributed by atoms with Crippen LogP contribution in [0, 0.1) is 23.0 Å². The van der Waals surface area contributed by atoms with Gasteiger partial charge in [-0.2, -0.15) is 5.26 Å². The number of hydrogen-bond acceptors (Lipinski definition) is 6. The highest BCUT2D eigenvalue weighted by molar-refractivity contribution is 6.11. The fourth-order valence-electron chi connectivity index (χ4n) is 4.17.